The van der Waals surface area contributed by atoms with Gasteiger partial charge in [0.2, 0.25) is 0 Å². The van der Waals surface area contributed by atoms with E-state index in [0.717, 1.165) is 51.6 Å². The molecule has 1 heterocycles. The molecule has 3 N–H and O–H groups in total. The minimum absolute atomic E-state index is 0.294. The van der Waals surface area contributed by atoms with E-state index in [1.54, 1.807) is 4.90 Å². The predicted molar refractivity (Wildman–Crippen MR) is 75.2 cm³/mol. The molecule has 0 radical (unpaired) electrons. The molecule has 106 valence electrons. The van der Waals surface area contributed by atoms with Crippen LogP contribution in [0, 0.1) is 0 Å². The minimum atomic E-state index is 0.294. The van der Waals surface area contributed by atoms with Gasteiger partial charge in [0.25, 0.3) is 0 Å². The van der Waals surface area contributed by atoms with Gasteiger partial charge in [0.15, 0.2) is 0 Å². The molecular weight excluding hydrogens is 264 g/mol. The number of quaternary nitrogens is 2. The molecule has 2 rings (SSSR count). The second-order valence-electron chi connectivity index (χ2n) is 5.03. The van der Waals surface area contributed by atoms with Crippen molar-refractivity contribution in [3.63, 3.8) is 0 Å². The van der Waals surface area contributed by atoms with E-state index in [-0.39, 0.29) is 0 Å². The second-order valence-corrected chi connectivity index (χ2v) is 5.47. The molecule has 0 bridgehead atoms. The quantitative estimate of drug-likeness (QED) is 0.595. The summed E-state index contributed by atoms with van der Waals surface area (Å²) in [6, 6.07) is 7.54. The number of hydrogen-bond donors (Lipinski definition) is 3. The summed E-state index contributed by atoms with van der Waals surface area (Å²) in [5.41, 5.74) is 0. The van der Waals surface area contributed by atoms with Crippen LogP contribution in [0.15, 0.2) is 24.3 Å². The van der Waals surface area contributed by atoms with Crippen molar-refractivity contribution in [2.75, 3.05) is 52.5 Å². The number of benzene rings is 1. The lowest BCUT2D eigenvalue weighted by Gasteiger charge is -2.29. The van der Waals surface area contributed by atoms with Gasteiger partial charge in [-0.3, -0.25) is 0 Å². The van der Waals surface area contributed by atoms with E-state index in [2.05, 4.69) is 0 Å². The normalized spacial score (nSPS) is 23.3. The highest BCUT2D eigenvalue weighted by atomic mass is 35.5. The smallest absolute Gasteiger partial charge is 0.137 e. The summed E-state index contributed by atoms with van der Waals surface area (Å²) in [6.45, 7) is 7.54. The van der Waals surface area contributed by atoms with E-state index in [0.29, 0.717) is 11.6 Å². The number of hydrogen-bond acceptors (Lipinski definition) is 2. The van der Waals surface area contributed by atoms with Gasteiger partial charge in [0, 0.05) is 5.02 Å². The van der Waals surface area contributed by atoms with Crippen molar-refractivity contribution in [1.82, 2.24) is 0 Å². The summed E-state index contributed by atoms with van der Waals surface area (Å²) in [6.07, 6.45) is 0. The van der Waals surface area contributed by atoms with Crippen molar-refractivity contribution in [2.45, 2.75) is 0 Å². The second kappa shape index (κ2) is 7.70. The number of rotatable bonds is 6. The molecular formula is C14H23ClN2O2+2. The van der Waals surface area contributed by atoms with E-state index >= 15 is 0 Å². The van der Waals surface area contributed by atoms with Crippen LogP contribution < -0.4 is 14.5 Å². The summed E-state index contributed by atoms with van der Waals surface area (Å²) in [7, 11) is 0. The average molecular weight is 287 g/mol. The lowest BCUT2D eigenvalue weighted by Crippen LogP contribution is -3.28. The van der Waals surface area contributed by atoms with Crippen molar-refractivity contribution >= 4 is 11.6 Å². The highest BCUT2D eigenvalue weighted by molar-refractivity contribution is 6.30. The maximum atomic E-state index is 8.92. The fourth-order valence-electron chi connectivity index (χ4n) is 2.49. The van der Waals surface area contributed by atoms with Crippen molar-refractivity contribution < 1.29 is 19.6 Å². The van der Waals surface area contributed by atoms with Gasteiger partial charge < -0.3 is 19.6 Å². The summed E-state index contributed by atoms with van der Waals surface area (Å²) in [4.78, 5) is 3.10. The molecule has 1 aliphatic rings. The highest BCUT2D eigenvalue weighted by Gasteiger charge is 2.21. The molecule has 4 nitrogen and oxygen atoms in total. The van der Waals surface area contributed by atoms with Crippen LogP contribution in [-0.4, -0.2) is 57.6 Å². The molecule has 1 aliphatic heterocycles. The van der Waals surface area contributed by atoms with Gasteiger partial charge in [-0.25, -0.2) is 0 Å². The maximum absolute atomic E-state index is 8.92. The SMILES string of the molecule is OCC[NH+]1CC[NH+](CCOc2cccc(Cl)c2)CC1. The molecule has 1 fully saturated rings. The Balaban J connectivity index is 1.64. The molecule has 0 saturated carbocycles. The van der Waals surface area contributed by atoms with Crippen LogP contribution in [0.25, 0.3) is 0 Å². The standard InChI is InChI=1S/C14H21ClN2O2/c15-13-2-1-3-14(12-13)19-11-9-17-6-4-16(5-7-17)8-10-18/h1-3,12,18H,4-11H2/p+2. The van der Waals surface area contributed by atoms with E-state index in [9.17, 15) is 0 Å². The monoisotopic (exact) mass is 286 g/mol. The fourth-order valence-corrected chi connectivity index (χ4v) is 2.67. The molecule has 0 atom stereocenters. The molecule has 0 spiro atoms. The topological polar surface area (TPSA) is 38.3 Å². The van der Waals surface area contributed by atoms with Crippen molar-refractivity contribution in [1.29, 1.82) is 0 Å². The Hall–Kier alpha value is -0.810. The van der Waals surface area contributed by atoms with Crippen LogP contribution in [0.5, 0.6) is 5.75 Å². The van der Waals surface area contributed by atoms with E-state index in [1.807, 2.05) is 24.3 Å². The third-order valence-electron chi connectivity index (χ3n) is 3.65. The van der Waals surface area contributed by atoms with Crippen LogP contribution in [0.2, 0.25) is 5.02 Å². The first-order valence-corrected chi connectivity index (χ1v) is 7.32. The van der Waals surface area contributed by atoms with Gasteiger partial charge in [-0.05, 0) is 18.2 Å². The Morgan fingerprint density at radius 2 is 1.79 bits per heavy atom. The Labute approximate surface area is 119 Å². The number of aliphatic hydroxyl groups is 1. The zero-order valence-corrected chi connectivity index (χ0v) is 12.0. The lowest BCUT2D eigenvalue weighted by atomic mass is 10.3. The van der Waals surface area contributed by atoms with Gasteiger partial charge in [-0.1, -0.05) is 17.7 Å². The first kappa shape index (κ1) is 14.6. The van der Waals surface area contributed by atoms with Crippen LogP contribution in [0.4, 0.5) is 0 Å². The van der Waals surface area contributed by atoms with Gasteiger partial charge in [-0.2, -0.15) is 0 Å². The fraction of sp³-hybridized carbons (Fsp3) is 0.571. The van der Waals surface area contributed by atoms with E-state index in [1.165, 1.54) is 4.90 Å². The Morgan fingerprint density at radius 1 is 1.11 bits per heavy atom. The van der Waals surface area contributed by atoms with Crippen molar-refractivity contribution in [3.05, 3.63) is 29.3 Å². The van der Waals surface area contributed by atoms with E-state index < -0.39 is 0 Å². The third kappa shape index (κ3) is 4.99. The van der Waals surface area contributed by atoms with Gasteiger partial charge in [0.05, 0.1) is 6.61 Å². The average Bonchev–Trinajstić information content (AvgIpc) is 2.41. The maximum Gasteiger partial charge on any atom is 0.137 e. The zero-order valence-electron chi connectivity index (χ0n) is 11.2. The predicted octanol–water partition coefficient (Wildman–Crippen LogP) is -1.51. The number of piperazine rings is 1. The largest absolute Gasteiger partial charge is 0.488 e. The summed E-state index contributed by atoms with van der Waals surface area (Å²) in [5, 5.41) is 9.63. The lowest BCUT2D eigenvalue weighted by molar-refractivity contribution is -1.01. The zero-order chi connectivity index (χ0) is 13.5. The molecule has 19 heavy (non-hydrogen) atoms. The molecule has 1 saturated heterocycles. The summed E-state index contributed by atoms with van der Waals surface area (Å²) in [5.74, 6) is 0.844. The minimum Gasteiger partial charge on any atom is -0.488 e. The van der Waals surface area contributed by atoms with Crippen LogP contribution in [0.3, 0.4) is 0 Å². The first-order valence-electron chi connectivity index (χ1n) is 6.94. The highest BCUT2D eigenvalue weighted by Crippen LogP contribution is 2.16. The molecule has 0 aromatic heterocycles. The molecule has 1 aromatic carbocycles. The summed E-state index contributed by atoms with van der Waals surface area (Å²) < 4.78 is 5.71. The van der Waals surface area contributed by atoms with Crippen LogP contribution in [-0.2, 0) is 0 Å². The van der Waals surface area contributed by atoms with Gasteiger partial charge in [-0.15, -0.1) is 0 Å². The molecule has 0 amide bonds. The van der Waals surface area contributed by atoms with Gasteiger partial charge >= 0.3 is 0 Å². The summed E-state index contributed by atoms with van der Waals surface area (Å²) >= 11 is 5.91. The third-order valence-corrected chi connectivity index (χ3v) is 3.89. The van der Waals surface area contributed by atoms with Crippen molar-refractivity contribution in [3.8, 4) is 5.75 Å². The van der Waals surface area contributed by atoms with Crippen molar-refractivity contribution in [2.24, 2.45) is 0 Å². The number of ether oxygens (including phenoxy) is 1. The molecule has 0 aliphatic carbocycles. The number of halogens is 1. The molecule has 0 unspecified atom stereocenters. The Bertz CT molecular complexity index is 381. The van der Waals surface area contributed by atoms with E-state index in [4.69, 9.17) is 21.4 Å². The first-order chi connectivity index (χ1) is 9.28. The Morgan fingerprint density at radius 3 is 2.42 bits per heavy atom. The number of nitrogens with one attached hydrogen (secondary N) is 2. The van der Waals surface area contributed by atoms with Crippen LogP contribution in [0.1, 0.15) is 0 Å². The number of aliphatic hydroxyl groups excluding tert-OH is 1. The van der Waals surface area contributed by atoms with Gasteiger partial charge in [0.1, 0.15) is 51.6 Å². The molecule has 1 aromatic rings. The Kier molecular flexibility index (Phi) is 5.92. The molecule has 5 heteroatoms. The van der Waals surface area contributed by atoms with Crippen LogP contribution >= 0.6 is 11.6 Å².